The highest BCUT2D eigenvalue weighted by Crippen LogP contribution is 2.32. The Kier molecular flexibility index (Phi) is 10.6. The van der Waals surface area contributed by atoms with Gasteiger partial charge in [-0.05, 0) is 72.5 Å². The standard InChI is InChI=1S/C41H41N7O7/c42-40(53)47(32-19-21-45(24-32)38(51)35(49)27-7-3-1-4-8-27)30-15-11-26(12-16-30)34-23-44-37(55-34)29-13-17-31(18-14-29)48(41(43)54)33-20-22-46(25-33)39(52)36(50)28-9-5-2-6-10-28/h1-18,23,32-33,35-36,49-50H,19-22,24-25H2,(H2,42,53)(H2,43,54)/t32-,33-,35+,36+/m1/s1. The number of amides is 6. The molecule has 4 atom stereocenters. The zero-order chi connectivity index (χ0) is 38.6. The molecule has 0 saturated carbocycles. The minimum Gasteiger partial charge on any atom is -0.436 e. The highest BCUT2D eigenvalue weighted by Gasteiger charge is 2.37. The summed E-state index contributed by atoms with van der Waals surface area (Å²) < 4.78 is 6.09. The Hall–Kier alpha value is -6.51. The van der Waals surface area contributed by atoms with Gasteiger partial charge in [0.15, 0.2) is 18.0 Å². The van der Waals surface area contributed by atoms with Crippen molar-refractivity contribution in [2.75, 3.05) is 36.0 Å². The van der Waals surface area contributed by atoms with Gasteiger partial charge in [0.25, 0.3) is 11.8 Å². The lowest BCUT2D eigenvalue weighted by Gasteiger charge is -2.28. The summed E-state index contributed by atoms with van der Waals surface area (Å²) in [6.07, 6.45) is -0.00401. The summed E-state index contributed by atoms with van der Waals surface area (Å²) in [5.41, 5.74) is 15.1. The van der Waals surface area contributed by atoms with Crippen LogP contribution in [0.3, 0.4) is 0 Å². The van der Waals surface area contributed by atoms with Crippen LogP contribution in [0, 0.1) is 0 Å². The summed E-state index contributed by atoms with van der Waals surface area (Å²) in [6, 6.07) is 29.4. The first-order chi connectivity index (χ1) is 26.6. The number of primary amides is 2. The van der Waals surface area contributed by atoms with Crippen LogP contribution >= 0.6 is 0 Å². The number of aliphatic hydroxyl groups is 2. The highest BCUT2D eigenvalue weighted by molar-refractivity contribution is 5.93. The van der Waals surface area contributed by atoms with Crippen molar-refractivity contribution in [3.05, 3.63) is 127 Å². The number of urea groups is 2. The normalized spacial score (nSPS) is 17.8. The van der Waals surface area contributed by atoms with E-state index in [1.54, 1.807) is 113 Å². The molecule has 0 aliphatic carbocycles. The van der Waals surface area contributed by atoms with Gasteiger partial charge in [0.1, 0.15) is 0 Å². The Labute approximate surface area is 317 Å². The van der Waals surface area contributed by atoms with Crippen LogP contribution in [0.5, 0.6) is 0 Å². The number of anilines is 2. The second kappa shape index (κ2) is 15.8. The molecule has 6 N–H and O–H groups in total. The third-order valence-corrected chi connectivity index (χ3v) is 10.2. The van der Waals surface area contributed by atoms with Crippen molar-refractivity contribution in [2.24, 2.45) is 11.5 Å². The zero-order valence-electron chi connectivity index (χ0n) is 29.8. The average molecular weight is 744 g/mol. The molecule has 0 radical (unpaired) electrons. The van der Waals surface area contributed by atoms with Gasteiger partial charge in [-0.25, -0.2) is 14.6 Å². The van der Waals surface area contributed by atoms with Gasteiger partial charge in [-0.15, -0.1) is 0 Å². The molecule has 2 aliphatic rings. The first-order valence-corrected chi connectivity index (χ1v) is 18.0. The summed E-state index contributed by atoms with van der Waals surface area (Å²) in [4.78, 5) is 61.8. The van der Waals surface area contributed by atoms with Crippen molar-refractivity contribution < 1.29 is 33.8 Å². The molecule has 5 aromatic rings. The monoisotopic (exact) mass is 743 g/mol. The van der Waals surface area contributed by atoms with Gasteiger partial charge < -0.3 is 35.9 Å². The Morgan fingerprint density at radius 3 is 1.47 bits per heavy atom. The van der Waals surface area contributed by atoms with Gasteiger partial charge in [-0.3, -0.25) is 19.4 Å². The number of likely N-dealkylation sites (tertiary alicyclic amines) is 2. The van der Waals surface area contributed by atoms with E-state index in [-0.39, 0.29) is 25.2 Å². The Bertz CT molecular complexity index is 1990. The van der Waals surface area contributed by atoms with Crippen LogP contribution in [0.15, 0.2) is 120 Å². The van der Waals surface area contributed by atoms with Crippen LogP contribution in [-0.2, 0) is 9.59 Å². The molecule has 6 amide bonds. The molecule has 0 spiro atoms. The van der Waals surface area contributed by atoms with Gasteiger partial charge in [0, 0.05) is 48.7 Å². The quantitative estimate of drug-likeness (QED) is 0.161. The molecule has 3 heterocycles. The van der Waals surface area contributed by atoms with Gasteiger partial charge >= 0.3 is 12.1 Å². The smallest absolute Gasteiger partial charge is 0.319 e. The fourth-order valence-corrected chi connectivity index (χ4v) is 7.34. The maximum absolute atomic E-state index is 13.0. The Balaban J connectivity index is 0.990. The fraction of sp³-hybridized carbons (Fsp3) is 0.244. The van der Waals surface area contributed by atoms with Gasteiger partial charge in [-0.2, -0.15) is 0 Å². The van der Waals surface area contributed by atoms with Gasteiger partial charge in [-0.1, -0.05) is 60.7 Å². The number of aliphatic hydroxyl groups excluding tert-OH is 2. The molecule has 4 aromatic carbocycles. The van der Waals surface area contributed by atoms with Crippen molar-refractivity contribution >= 4 is 35.3 Å². The number of hydrogen-bond acceptors (Lipinski definition) is 8. The largest absolute Gasteiger partial charge is 0.436 e. The van der Waals surface area contributed by atoms with E-state index in [2.05, 4.69) is 4.98 Å². The summed E-state index contributed by atoms with van der Waals surface area (Å²) >= 11 is 0. The van der Waals surface area contributed by atoms with E-state index in [9.17, 15) is 29.4 Å². The van der Waals surface area contributed by atoms with Crippen LogP contribution in [-0.4, -0.2) is 87.1 Å². The molecule has 0 unspecified atom stereocenters. The molecule has 2 fully saturated rings. The van der Waals surface area contributed by atoms with Crippen molar-refractivity contribution in [1.29, 1.82) is 0 Å². The predicted molar refractivity (Wildman–Crippen MR) is 204 cm³/mol. The number of carbonyl (C=O) groups excluding carboxylic acids is 4. The number of oxazole rings is 1. The molecule has 55 heavy (non-hydrogen) atoms. The molecule has 14 heteroatoms. The average Bonchev–Trinajstić information content (AvgIpc) is 4.01. The van der Waals surface area contributed by atoms with E-state index in [1.165, 1.54) is 9.80 Å². The minimum atomic E-state index is -1.29. The molecule has 14 nitrogen and oxygen atoms in total. The Morgan fingerprint density at radius 1 is 0.636 bits per heavy atom. The van der Waals surface area contributed by atoms with Crippen molar-refractivity contribution in [1.82, 2.24) is 14.8 Å². The number of aromatic nitrogens is 1. The fourth-order valence-electron chi connectivity index (χ4n) is 7.34. The number of hydrogen-bond donors (Lipinski definition) is 4. The van der Waals surface area contributed by atoms with E-state index in [1.807, 2.05) is 12.1 Å². The number of rotatable bonds is 10. The minimum absolute atomic E-state index is 0.226. The summed E-state index contributed by atoms with van der Waals surface area (Å²) in [5, 5.41) is 21.3. The lowest BCUT2D eigenvalue weighted by Crippen LogP contribution is -2.46. The van der Waals surface area contributed by atoms with Crippen LogP contribution in [0.25, 0.3) is 22.8 Å². The van der Waals surface area contributed by atoms with E-state index in [0.717, 1.165) is 0 Å². The SMILES string of the molecule is NC(=O)N(c1ccc(-c2cnc(-c3ccc(N(C(N)=O)[C@@H]4CCN(C(=O)[C@@H](O)c5ccccc5)C4)cc3)o2)cc1)[C@@H]1CCN(C(=O)[C@@H](O)c2ccccc2)C1. The second-order valence-electron chi connectivity index (χ2n) is 13.6. The molecule has 2 saturated heterocycles. The molecule has 1 aromatic heterocycles. The zero-order valence-corrected chi connectivity index (χ0v) is 29.8. The van der Waals surface area contributed by atoms with Crippen molar-refractivity contribution in [3.63, 3.8) is 0 Å². The first-order valence-electron chi connectivity index (χ1n) is 18.0. The Morgan fingerprint density at radius 2 is 1.05 bits per heavy atom. The van der Waals surface area contributed by atoms with Crippen LogP contribution in [0.2, 0.25) is 0 Å². The molecular weight excluding hydrogens is 702 g/mol. The van der Waals surface area contributed by atoms with Crippen LogP contribution in [0.1, 0.15) is 36.2 Å². The van der Waals surface area contributed by atoms with Gasteiger partial charge in [0.2, 0.25) is 5.89 Å². The first kappa shape index (κ1) is 36.8. The maximum Gasteiger partial charge on any atom is 0.319 e. The third-order valence-electron chi connectivity index (χ3n) is 10.2. The summed E-state index contributed by atoms with van der Waals surface area (Å²) in [5.74, 6) is -0.0293. The number of nitrogens with zero attached hydrogens (tertiary/aromatic N) is 5. The molecule has 0 bridgehead atoms. The molecular formula is C41H41N7O7. The van der Waals surface area contributed by atoms with Crippen LogP contribution < -0.4 is 21.3 Å². The topological polar surface area (TPSA) is 200 Å². The second-order valence-corrected chi connectivity index (χ2v) is 13.6. The number of benzene rings is 4. The van der Waals surface area contributed by atoms with E-state index in [0.29, 0.717) is 71.2 Å². The maximum atomic E-state index is 13.0. The van der Waals surface area contributed by atoms with E-state index in [4.69, 9.17) is 15.9 Å². The number of nitrogens with two attached hydrogens (primary N) is 2. The van der Waals surface area contributed by atoms with Gasteiger partial charge in [0.05, 0.1) is 18.3 Å². The lowest BCUT2D eigenvalue weighted by molar-refractivity contribution is -0.140. The number of carbonyl (C=O) groups is 4. The van der Waals surface area contributed by atoms with Crippen molar-refractivity contribution in [3.8, 4) is 22.8 Å². The van der Waals surface area contributed by atoms with E-state index >= 15 is 0 Å². The van der Waals surface area contributed by atoms with Crippen LogP contribution in [0.4, 0.5) is 21.0 Å². The van der Waals surface area contributed by atoms with Crippen molar-refractivity contribution in [2.45, 2.75) is 37.1 Å². The summed E-state index contributed by atoms with van der Waals surface area (Å²) in [6.45, 7) is 1.20. The third kappa shape index (κ3) is 7.77. The lowest BCUT2D eigenvalue weighted by atomic mass is 10.1. The highest BCUT2D eigenvalue weighted by atomic mass is 16.4. The molecule has 282 valence electrons. The molecule has 2 aliphatic heterocycles. The summed E-state index contributed by atoms with van der Waals surface area (Å²) in [7, 11) is 0. The van der Waals surface area contributed by atoms with E-state index < -0.39 is 36.1 Å². The predicted octanol–water partition coefficient (Wildman–Crippen LogP) is 4.45. The molecule has 7 rings (SSSR count).